The number of aromatic nitrogens is 1. The van der Waals surface area contributed by atoms with Crippen molar-refractivity contribution in [2.24, 2.45) is 5.10 Å². The normalized spacial score (nSPS) is 11.2. The van der Waals surface area contributed by atoms with Crippen molar-refractivity contribution < 1.29 is 23.1 Å². The molecule has 7 nitrogen and oxygen atoms in total. The summed E-state index contributed by atoms with van der Waals surface area (Å²) in [4.78, 5) is 12.5. The van der Waals surface area contributed by atoms with E-state index in [0.717, 1.165) is 17.1 Å². The number of rotatable bonds is 10. The monoisotopic (exact) mass is 693 g/mol. The highest BCUT2D eigenvalue weighted by atomic mass is 79.9. The van der Waals surface area contributed by atoms with Crippen LogP contribution in [0.4, 0.5) is 4.39 Å². The van der Waals surface area contributed by atoms with Gasteiger partial charge in [0.05, 0.1) is 15.2 Å². The van der Waals surface area contributed by atoms with Crippen LogP contribution in [0.15, 0.2) is 103 Å². The number of hydrazone groups is 1. The van der Waals surface area contributed by atoms with Crippen LogP contribution in [0.3, 0.4) is 0 Å². The summed E-state index contributed by atoms with van der Waals surface area (Å²) >= 11 is 6.98. The molecule has 0 spiro atoms. The van der Waals surface area contributed by atoms with Crippen molar-refractivity contribution in [2.45, 2.75) is 27.1 Å². The maximum absolute atomic E-state index is 13.4. The minimum absolute atomic E-state index is 0.114. The van der Waals surface area contributed by atoms with Gasteiger partial charge in [-0.15, -0.1) is 0 Å². The second-order valence-corrected chi connectivity index (χ2v) is 11.1. The third-order valence-corrected chi connectivity index (χ3v) is 7.48. The summed E-state index contributed by atoms with van der Waals surface area (Å²) in [6.07, 6.45) is 1.50. The average Bonchev–Trinajstić information content (AvgIpc) is 3.58. The molecule has 0 radical (unpaired) electrons. The Bertz CT molecular complexity index is 1700. The molecular formula is C32H26Br2FN3O4. The van der Waals surface area contributed by atoms with E-state index in [0.29, 0.717) is 37.3 Å². The highest BCUT2D eigenvalue weighted by Gasteiger charge is 2.12. The van der Waals surface area contributed by atoms with Crippen LogP contribution in [0, 0.1) is 19.7 Å². The average molecular weight is 695 g/mol. The fourth-order valence-electron chi connectivity index (χ4n) is 4.29. The number of carbonyl (C=O) groups excluding carboxylic acids is 1. The number of ether oxygens (including phenoxy) is 2. The van der Waals surface area contributed by atoms with Crippen molar-refractivity contribution in [1.29, 1.82) is 0 Å². The lowest BCUT2D eigenvalue weighted by molar-refractivity contribution is 0.0923. The van der Waals surface area contributed by atoms with Crippen molar-refractivity contribution in [3.05, 3.63) is 134 Å². The Kier molecular flexibility index (Phi) is 9.24. The number of hydrogen-bond acceptors (Lipinski definition) is 5. The van der Waals surface area contributed by atoms with E-state index >= 15 is 0 Å². The Morgan fingerprint density at radius 3 is 2.33 bits per heavy atom. The maximum Gasteiger partial charge on any atom is 0.307 e. The number of aryl methyl sites for hydroxylation is 2. The summed E-state index contributed by atoms with van der Waals surface area (Å²) in [5.41, 5.74) is 7.26. The number of amides is 1. The molecule has 0 fully saturated rings. The molecule has 3 aromatic carbocycles. The first kappa shape index (κ1) is 29.3. The van der Waals surface area contributed by atoms with E-state index in [4.69, 9.17) is 13.9 Å². The van der Waals surface area contributed by atoms with Gasteiger partial charge in [-0.3, -0.25) is 4.79 Å². The number of hydrogen-bond donors (Lipinski definition) is 1. The van der Waals surface area contributed by atoms with Crippen molar-refractivity contribution >= 4 is 44.0 Å². The van der Waals surface area contributed by atoms with Crippen LogP contribution in [0.25, 0.3) is 5.69 Å². The topological polar surface area (TPSA) is 78.0 Å². The molecule has 5 rings (SSSR count). The summed E-state index contributed by atoms with van der Waals surface area (Å²) in [5, 5.41) is 4.04. The summed E-state index contributed by atoms with van der Waals surface area (Å²) in [7, 11) is 0. The zero-order valence-corrected chi connectivity index (χ0v) is 25.9. The van der Waals surface area contributed by atoms with Crippen LogP contribution in [0.2, 0.25) is 0 Å². The van der Waals surface area contributed by atoms with Crippen LogP contribution in [-0.2, 0) is 13.2 Å². The van der Waals surface area contributed by atoms with Gasteiger partial charge in [0.1, 0.15) is 36.3 Å². The molecule has 1 N–H and O–H groups in total. The zero-order chi connectivity index (χ0) is 29.6. The quantitative estimate of drug-likeness (QED) is 0.118. The SMILES string of the molecule is Cc1ccc(C)n1-c1ccc(OCc2ccc(C(=O)N/N=C/c3cc(Br)c(OCc4cccc(F)c4)c(Br)c3)o2)cc1. The van der Waals surface area contributed by atoms with Gasteiger partial charge in [0.2, 0.25) is 0 Å². The van der Waals surface area contributed by atoms with Gasteiger partial charge in [0.15, 0.2) is 5.76 Å². The molecule has 0 unspecified atom stereocenters. The first-order chi connectivity index (χ1) is 20.3. The summed E-state index contributed by atoms with van der Waals surface area (Å²) in [5.74, 6) is 1.06. The molecule has 5 aromatic rings. The van der Waals surface area contributed by atoms with E-state index in [-0.39, 0.29) is 24.8 Å². The third kappa shape index (κ3) is 7.18. The van der Waals surface area contributed by atoms with E-state index in [1.807, 2.05) is 24.3 Å². The van der Waals surface area contributed by atoms with Crippen molar-refractivity contribution in [3.63, 3.8) is 0 Å². The van der Waals surface area contributed by atoms with Crippen molar-refractivity contribution in [1.82, 2.24) is 9.99 Å². The van der Waals surface area contributed by atoms with Crippen molar-refractivity contribution in [3.8, 4) is 17.2 Å². The second-order valence-electron chi connectivity index (χ2n) is 9.43. The molecule has 0 aliphatic rings. The smallest absolute Gasteiger partial charge is 0.307 e. The first-order valence-electron chi connectivity index (χ1n) is 12.9. The highest BCUT2D eigenvalue weighted by molar-refractivity contribution is 9.11. The molecule has 2 heterocycles. The lowest BCUT2D eigenvalue weighted by Gasteiger charge is -2.11. The number of nitrogens with one attached hydrogen (secondary N) is 1. The van der Waals surface area contributed by atoms with E-state index < -0.39 is 5.91 Å². The van der Waals surface area contributed by atoms with Gasteiger partial charge in [-0.1, -0.05) is 12.1 Å². The minimum atomic E-state index is -0.493. The molecular weight excluding hydrogens is 669 g/mol. The predicted molar refractivity (Wildman–Crippen MR) is 166 cm³/mol. The zero-order valence-electron chi connectivity index (χ0n) is 22.7. The van der Waals surface area contributed by atoms with Crippen LogP contribution in [0.1, 0.15) is 38.8 Å². The predicted octanol–water partition coefficient (Wildman–Crippen LogP) is 8.27. The molecule has 0 saturated heterocycles. The van der Waals surface area contributed by atoms with Gasteiger partial charge < -0.3 is 18.5 Å². The maximum atomic E-state index is 13.4. The van der Waals surface area contributed by atoms with Crippen LogP contribution in [-0.4, -0.2) is 16.7 Å². The Balaban J connectivity index is 1.13. The Morgan fingerprint density at radius 1 is 0.929 bits per heavy atom. The summed E-state index contributed by atoms with van der Waals surface area (Å²) < 4.78 is 34.2. The molecule has 10 heteroatoms. The molecule has 2 aromatic heterocycles. The van der Waals surface area contributed by atoms with Gasteiger partial charge in [0, 0.05) is 17.1 Å². The Hall–Kier alpha value is -4.15. The van der Waals surface area contributed by atoms with E-state index in [1.54, 1.807) is 36.4 Å². The van der Waals surface area contributed by atoms with Gasteiger partial charge >= 0.3 is 5.91 Å². The largest absolute Gasteiger partial charge is 0.487 e. The third-order valence-electron chi connectivity index (χ3n) is 6.31. The van der Waals surface area contributed by atoms with Crippen molar-refractivity contribution in [2.75, 3.05) is 0 Å². The lowest BCUT2D eigenvalue weighted by Crippen LogP contribution is -2.16. The lowest BCUT2D eigenvalue weighted by atomic mass is 10.2. The molecule has 0 atom stereocenters. The highest BCUT2D eigenvalue weighted by Crippen LogP contribution is 2.35. The fourth-order valence-corrected chi connectivity index (χ4v) is 5.74. The second kappa shape index (κ2) is 13.2. The number of carbonyl (C=O) groups is 1. The molecule has 214 valence electrons. The Morgan fingerprint density at radius 2 is 1.64 bits per heavy atom. The van der Waals surface area contributed by atoms with Crippen LogP contribution < -0.4 is 14.9 Å². The Labute approximate surface area is 259 Å². The van der Waals surface area contributed by atoms with Gasteiger partial charge in [-0.2, -0.15) is 5.10 Å². The summed E-state index contributed by atoms with van der Waals surface area (Å²) in [6, 6.07) is 25.0. The molecule has 0 aliphatic heterocycles. The minimum Gasteiger partial charge on any atom is -0.487 e. The van der Waals surface area contributed by atoms with Gasteiger partial charge in [0.25, 0.3) is 0 Å². The van der Waals surface area contributed by atoms with Gasteiger partial charge in [-0.05, 0) is 130 Å². The van der Waals surface area contributed by atoms with Gasteiger partial charge in [-0.25, -0.2) is 9.82 Å². The van der Waals surface area contributed by atoms with E-state index in [1.165, 1.54) is 18.3 Å². The van der Waals surface area contributed by atoms with Crippen LogP contribution in [0.5, 0.6) is 11.5 Å². The molecule has 0 aliphatic carbocycles. The number of halogens is 3. The standard InChI is InChI=1S/C32H26Br2FN3O4/c1-20-6-7-21(2)38(20)25-8-10-26(11-9-25)40-19-27-12-13-30(42-27)32(39)37-36-17-23-15-28(33)31(29(34)16-23)41-18-22-4-3-5-24(35)14-22/h3-17H,18-19H2,1-2H3,(H,37,39)/b36-17+. The molecule has 0 bridgehead atoms. The first-order valence-corrected chi connectivity index (χ1v) is 14.5. The fraction of sp³-hybridized carbons (Fsp3) is 0.125. The summed E-state index contributed by atoms with van der Waals surface area (Å²) in [6.45, 7) is 4.51. The molecule has 0 saturated carbocycles. The number of furan rings is 1. The van der Waals surface area contributed by atoms with E-state index in [9.17, 15) is 9.18 Å². The van der Waals surface area contributed by atoms with Crippen LogP contribution >= 0.6 is 31.9 Å². The number of benzene rings is 3. The molecule has 1 amide bonds. The molecule has 42 heavy (non-hydrogen) atoms. The van der Waals surface area contributed by atoms with E-state index in [2.05, 4.69) is 72.9 Å². The number of nitrogens with zero attached hydrogens (tertiary/aromatic N) is 2.